The van der Waals surface area contributed by atoms with Gasteiger partial charge in [-0.3, -0.25) is 9.59 Å². The molecular formula is C29H33N3O4. The van der Waals surface area contributed by atoms with Crippen molar-refractivity contribution in [1.82, 2.24) is 4.90 Å². The van der Waals surface area contributed by atoms with Gasteiger partial charge in [0.15, 0.2) is 0 Å². The smallest absolute Gasteiger partial charge is 0.253 e. The maximum absolute atomic E-state index is 12.8. The first kappa shape index (κ1) is 25.1. The molecule has 0 bridgehead atoms. The molecule has 3 aromatic carbocycles. The van der Waals surface area contributed by atoms with E-state index in [1.54, 1.807) is 12.1 Å². The summed E-state index contributed by atoms with van der Waals surface area (Å²) in [6.45, 7) is 4.70. The number of anilines is 2. The number of hydrogen-bond donors (Lipinski definition) is 2. The number of piperidine rings is 1. The van der Waals surface area contributed by atoms with Crippen LogP contribution in [-0.4, -0.2) is 49.6 Å². The molecule has 1 aliphatic heterocycles. The summed E-state index contributed by atoms with van der Waals surface area (Å²) in [6, 6.07) is 24.1. The van der Waals surface area contributed by atoms with Crippen LogP contribution in [0, 0.1) is 5.92 Å². The lowest BCUT2D eigenvalue weighted by molar-refractivity contribution is -0.114. The molecule has 7 heteroatoms. The number of nitrogens with zero attached hydrogens (tertiary/aromatic N) is 1. The van der Waals surface area contributed by atoms with E-state index >= 15 is 0 Å². The van der Waals surface area contributed by atoms with Crippen molar-refractivity contribution in [3.05, 3.63) is 84.4 Å². The minimum absolute atomic E-state index is 0.0426. The van der Waals surface area contributed by atoms with Crippen molar-refractivity contribution in [2.45, 2.75) is 19.8 Å². The molecule has 0 aliphatic carbocycles. The van der Waals surface area contributed by atoms with Gasteiger partial charge in [-0.05, 0) is 61.2 Å². The monoisotopic (exact) mass is 487 g/mol. The molecule has 0 saturated carbocycles. The zero-order chi connectivity index (χ0) is 25.2. The van der Waals surface area contributed by atoms with Gasteiger partial charge >= 0.3 is 0 Å². The Morgan fingerprint density at radius 2 is 1.50 bits per heavy atom. The Bertz CT molecular complexity index is 1140. The van der Waals surface area contributed by atoms with Crippen LogP contribution in [0.3, 0.4) is 0 Å². The number of hydrogen-bond acceptors (Lipinski definition) is 5. The van der Waals surface area contributed by atoms with Crippen molar-refractivity contribution >= 4 is 23.2 Å². The molecule has 0 atom stereocenters. The van der Waals surface area contributed by atoms with E-state index in [1.165, 1.54) is 0 Å². The minimum Gasteiger partial charge on any atom is -0.490 e. The van der Waals surface area contributed by atoms with Gasteiger partial charge in [0, 0.05) is 36.1 Å². The summed E-state index contributed by atoms with van der Waals surface area (Å²) in [5.74, 6) is 1.96. The average molecular weight is 488 g/mol. The van der Waals surface area contributed by atoms with Gasteiger partial charge in [0.1, 0.15) is 24.7 Å². The lowest BCUT2D eigenvalue weighted by Crippen LogP contribution is -2.37. The molecule has 3 aromatic rings. The van der Waals surface area contributed by atoms with E-state index in [-0.39, 0.29) is 18.4 Å². The molecule has 0 spiro atoms. The van der Waals surface area contributed by atoms with Crippen molar-refractivity contribution in [2.24, 2.45) is 5.92 Å². The maximum Gasteiger partial charge on any atom is 0.253 e. The van der Waals surface area contributed by atoms with Gasteiger partial charge in [-0.15, -0.1) is 0 Å². The van der Waals surface area contributed by atoms with E-state index in [9.17, 15) is 9.59 Å². The van der Waals surface area contributed by atoms with Crippen LogP contribution in [0.2, 0.25) is 0 Å². The van der Waals surface area contributed by atoms with Crippen molar-refractivity contribution in [2.75, 3.05) is 43.5 Å². The van der Waals surface area contributed by atoms with Crippen LogP contribution in [0.5, 0.6) is 11.5 Å². The zero-order valence-electron chi connectivity index (χ0n) is 20.6. The second kappa shape index (κ2) is 12.6. The van der Waals surface area contributed by atoms with Gasteiger partial charge in [-0.2, -0.15) is 0 Å². The number of carbonyl (C=O) groups excluding carboxylic acids is 2. The van der Waals surface area contributed by atoms with Gasteiger partial charge < -0.3 is 25.0 Å². The summed E-state index contributed by atoms with van der Waals surface area (Å²) in [7, 11) is 0. The van der Waals surface area contributed by atoms with E-state index < -0.39 is 0 Å². The molecule has 0 radical (unpaired) electrons. The minimum atomic E-state index is -0.193. The van der Waals surface area contributed by atoms with E-state index in [4.69, 9.17) is 9.47 Å². The highest BCUT2D eigenvalue weighted by Crippen LogP contribution is 2.20. The highest BCUT2D eigenvalue weighted by Gasteiger charge is 2.21. The SMILES string of the molecule is CC1CCN(C(=O)c2cccc(NCC(=O)Nc3cccc(OCCOc4ccccc4)c3)c2)CC1. The predicted octanol–water partition coefficient (Wildman–Crippen LogP) is 5.07. The van der Waals surface area contributed by atoms with Gasteiger partial charge in [0.25, 0.3) is 5.91 Å². The molecule has 188 valence electrons. The third-order valence-electron chi connectivity index (χ3n) is 6.12. The van der Waals surface area contributed by atoms with E-state index in [2.05, 4.69) is 17.6 Å². The standard InChI is InChI=1S/C29H33N3O4/c1-22-13-15-32(16-14-22)29(34)23-7-5-8-24(19-23)30-21-28(33)31-25-9-6-12-27(20-25)36-18-17-35-26-10-3-2-4-11-26/h2-12,19-20,22,30H,13-18,21H2,1H3,(H,31,33). The molecular weight excluding hydrogens is 454 g/mol. The van der Waals surface area contributed by atoms with Crippen molar-refractivity contribution in [3.63, 3.8) is 0 Å². The quantitative estimate of drug-likeness (QED) is 0.391. The molecule has 7 nitrogen and oxygen atoms in total. The number of likely N-dealkylation sites (tertiary alicyclic amines) is 1. The van der Waals surface area contributed by atoms with Crippen LogP contribution in [0.4, 0.5) is 11.4 Å². The first-order valence-corrected chi connectivity index (χ1v) is 12.4. The summed E-state index contributed by atoms with van der Waals surface area (Å²) >= 11 is 0. The van der Waals surface area contributed by atoms with Crippen LogP contribution in [-0.2, 0) is 4.79 Å². The van der Waals surface area contributed by atoms with E-state index in [0.29, 0.717) is 36.1 Å². The molecule has 2 N–H and O–H groups in total. The molecule has 1 fully saturated rings. The Morgan fingerprint density at radius 1 is 0.833 bits per heavy atom. The van der Waals surface area contributed by atoms with Crippen molar-refractivity contribution < 1.29 is 19.1 Å². The summed E-state index contributed by atoms with van der Waals surface area (Å²) in [4.78, 5) is 27.2. The van der Waals surface area contributed by atoms with E-state index in [0.717, 1.165) is 37.4 Å². The lowest BCUT2D eigenvalue weighted by Gasteiger charge is -2.30. The van der Waals surface area contributed by atoms with Gasteiger partial charge in [-0.1, -0.05) is 37.3 Å². The molecule has 0 aromatic heterocycles. The summed E-state index contributed by atoms with van der Waals surface area (Å²) in [5, 5.41) is 5.99. The fraction of sp³-hybridized carbons (Fsp3) is 0.310. The number of ether oxygens (including phenoxy) is 2. The number of para-hydroxylation sites is 1. The molecule has 0 unspecified atom stereocenters. The van der Waals surface area contributed by atoms with Gasteiger partial charge in [-0.25, -0.2) is 0 Å². The molecule has 2 amide bonds. The number of carbonyl (C=O) groups is 2. The maximum atomic E-state index is 12.8. The molecule has 4 rings (SSSR count). The zero-order valence-corrected chi connectivity index (χ0v) is 20.6. The first-order chi connectivity index (χ1) is 17.6. The fourth-order valence-corrected chi connectivity index (χ4v) is 4.04. The Kier molecular flexibility index (Phi) is 8.81. The Labute approximate surface area is 212 Å². The van der Waals surface area contributed by atoms with Crippen LogP contribution in [0.25, 0.3) is 0 Å². The molecule has 36 heavy (non-hydrogen) atoms. The Balaban J connectivity index is 1.22. The largest absolute Gasteiger partial charge is 0.490 e. The summed E-state index contributed by atoms with van der Waals surface area (Å²) < 4.78 is 11.4. The number of rotatable bonds is 10. The van der Waals surface area contributed by atoms with Gasteiger partial charge in [0.05, 0.1) is 6.54 Å². The van der Waals surface area contributed by atoms with Gasteiger partial charge in [0.2, 0.25) is 5.91 Å². The third kappa shape index (κ3) is 7.50. The topological polar surface area (TPSA) is 79.9 Å². The molecule has 1 heterocycles. The number of benzene rings is 3. The second-order valence-corrected chi connectivity index (χ2v) is 9.00. The summed E-state index contributed by atoms with van der Waals surface area (Å²) in [6.07, 6.45) is 2.08. The summed E-state index contributed by atoms with van der Waals surface area (Å²) in [5.41, 5.74) is 2.01. The van der Waals surface area contributed by atoms with Crippen LogP contribution in [0.15, 0.2) is 78.9 Å². The molecule has 1 saturated heterocycles. The normalized spacial score (nSPS) is 13.6. The van der Waals surface area contributed by atoms with Crippen LogP contribution < -0.4 is 20.1 Å². The highest BCUT2D eigenvalue weighted by atomic mass is 16.5. The van der Waals surface area contributed by atoms with Crippen molar-refractivity contribution in [3.8, 4) is 11.5 Å². The number of amides is 2. The average Bonchev–Trinajstić information content (AvgIpc) is 2.91. The predicted molar refractivity (Wildman–Crippen MR) is 142 cm³/mol. The van der Waals surface area contributed by atoms with E-state index in [1.807, 2.05) is 71.6 Å². The Morgan fingerprint density at radius 3 is 2.28 bits per heavy atom. The second-order valence-electron chi connectivity index (χ2n) is 9.00. The lowest BCUT2D eigenvalue weighted by atomic mass is 9.98. The number of nitrogens with one attached hydrogen (secondary N) is 2. The highest BCUT2D eigenvalue weighted by molar-refractivity contribution is 5.96. The van der Waals surface area contributed by atoms with Crippen LogP contribution >= 0.6 is 0 Å². The first-order valence-electron chi connectivity index (χ1n) is 12.4. The third-order valence-corrected chi connectivity index (χ3v) is 6.12. The Hall–Kier alpha value is -4.00. The fourth-order valence-electron chi connectivity index (χ4n) is 4.04. The van der Waals surface area contributed by atoms with Crippen LogP contribution in [0.1, 0.15) is 30.1 Å². The van der Waals surface area contributed by atoms with Crippen molar-refractivity contribution in [1.29, 1.82) is 0 Å². The molecule has 1 aliphatic rings.